The van der Waals surface area contributed by atoms with Gasteiger partial charge in [0.05, 0.1) is 0 Å². The molecule has 2 aromatic rings. The maximum Gasteiger partial charge on any atom is 0.277 e. The highest BCUT2D eigenvalue weighted by atomic mass is 32.1. The van der Waals surface area contributed by atoms with Crippen molar-refractivity contribution in [1.29, 1.82) is 0 Å². The Hall–Kier alpha value is -2.09. The van der Waals surface area contributed by atoms with E-state index >= 15 is 0 Å². The second-order valence-corrected chi connectivity index (χ2v) is 6.05. The van der Waals surface area contributed by atoms with Crippen LogP contribution < -0.4 is 10.9 Å². The molecule has 0 aromatic carbocycles. The van der Waals surface area contributed by atoms with Crippen LogP contribution in [-0.4, -0.2) is 26.3 Å². The highest BCUT2D eigenvalue weighted by Gasteiger charge is 2.20. The maximum atomic E-state index is 12.0. The van der Waals surface area contributed by atoms with Gasteiger partial charge in [-0.1, -0.05) is 30.6 Å². The number of carbonyl (C=O) groups is 1. The van der Waals surface area contributed by atoms with E-state index in [9.17, 15) is 9.59 Å². The summed E-state index contributed by atoms with van der Waals surface area (Å²) in [5.41, 5.74) is -0.203. The smallest absolute Gasteiger partial charge is 0.277 e. The highest BCUT2D eigenvalue weighted by Crippen LogP contribution is 2.35. The summed E-state index contributed by atoms with van der Waals surface area (Å²) >= 11 is 1.41. The van der Waals surface area contributed by atoms with Crippen LogP contribution in [-0.2, 0) is 0 Å². The van der Waals surface area contributed by atoms with E-state index in [0.29, 0.717) is 11.0 Å². The van der Waals surface area contributed by atoms with Crippen LogP contribution >= 0.6 is 11.3 Å². The summed E-state index contributed by atoms with van der Waals surface area (Å²) in [6.07, 6.45) is 6.03. The van der Waals surface area contributed by atoms with Crippen molar-refractivity contribution in [3.05, 3.63) is 33.2 Å². The van der Waals surface area contributed by atoms with Gasteiger partial charge < -0.3 is 0 Å². The lowest BCUT2D eigenvalue weighted by Gasteiger charge is -2.18. The molecule has 3 rings (SSSR count). The Balaban J connectivity index is 1.67. The molecule has 8 heteroatoms. The number of anilines is 1. The van der Waals surface area contributed by atoms with Crippen LogP contribution in [0.25, 0.3) is 0 Å². The van der Waals surface area contributed by atoms with Crippen LogP contribution in [0, 0.1) is 0 Å². The minimum absolute atomic E-state index is 0.143. The van der Waals surface area contributed by atoms with Gasteiger partial charge in [-0.05, 0) is 18.9 Å². The van der Waals surface area contributed by atoms with Gasteiger partial charge in [0.2, 0.25) is 5.13 Å². The monoisotopic (exact) mass is 305 g/mol. The Morgan fingerprint density at radius 1 is 1.24 bits per heavy atom. The van der Waals surface area contributed by atoms with Crippen LogP contribution in [0.1, 0.15) is 53.5 Å². The Labute approximate surface area is 124 Å². The molecule has 0 bridgehead atoms. The van der Waals surface area contributed by atoms with Gasteiger partial charge in [-0.25, -0.2) is 5.10 Å². The Morgan fingerprint density at radius 2 is 2.05 bits per heavy atom. The minimum Gasteiger partial charge on any atom is -0.295 e. The van der Waals surface area contributed by atoms with E-state index in [-0.39, 0.29) is 11.3 Å². The summed E-state index contributed by atoms with van der Waals surface area (Å²) in [6, 6.07) is 2.63. The molecular weight excluding hydrogens is 290 g/mol. The lowest BCUT2D eigenvalue weighted by atomic mass is 9.90. The largest absolute Gasteiger partial charge is 0.295 e. The third-order valence-corrected chi connectivity index (χ3v) is 4.53. The average Bonchev–Trinajstić information content (AvgIpc) is 2.97. The van der Waals surface area contributed by atoms with Crippen molar-refractivity contribution in [2.24, 2.45) is 0 Å². The van der Waals surface area contributed by atoms with Crippen LogP contribution in [0.5, 0.6) is 0 Å². The minimum atomic E-state index is -0.405. The van der Waals surface area contributed by atoms with Gasteiger partial charge in [-0.3, -0.25) is 14.9 Å². The zero-order valence-corrected chi connectivity index (χ0v) is 12.2. The molecule has 0 spiro atoms. The van der Waals surface area contributed by atoms with Crippen molar-refractivity contribution < 1.29 is 4.79 Å². The third kappa shape index (κ3) is 3.33. The van der Waals surface area contributed by atoms with Gasteiger partial charge in [0.1, 0.15) is 10.7 Å². The van der Waals surface area contributed by atoms with E-state index in [1.54, 1.807) is 0 Å². The van der Waals surface area contributed by atoms with E-state index in [1.807, 2.05) is 0 Å². The maximum absolute atomic E-state index is 12.0. The van der Waals surface area contributed by atoms with Crippen molar-refractivity contribution in [1.82, 2.24) is 20.4 Å². The van der Waals surface area contributed by atoms with Gasteiger partial charge in [0.15, 0.2) is 0 Å². The number of amides is 1. The summed E-state index contributed by atoms with van der Waals surface area (Å²) in [5.74, 6) is 0.0608. The van der Waals surface area contributed by atoms with Gasteiger partial charge in [0, 0.05) is 12.0 Å². The molecule has 2 heterocycles. The first-order valence-corrected chi connectivity index (χ1v) is 7.74. The summed E-state index contributed by atoms with van der Waals surface area (Å²) in [7, 11) is 0. The topological polar surface area (TPSA) is 101 Å². The SMILES string of the molecule is O=C(Nc1nnc(C2CCCCC2)s1)c1ccc(=O)[nH]n1. The van der Waals surface area contributed by atoms with Gasteiger partial charge >= 0.3 is 0 Å². The fourth-order valence-corrected chi connectivity index (χ4v) is 3.34. The van der Waals surface area contributed by atoms with Crippen molar-refractivity contribution in [3.63, 3.8) is 0 Å². The Bertz CT molecular complexity index is 669. The molecule has 0 aliphatic heterocycles. The van der Waals surface area contributed by atoms with E-state index in [2.05, 4.69) is 25.7 Å². The summed E-state index contributed by atoms with van der Waals surface area (Å²) < 4.78 is 0. The predicted molar refractivity (Wildman–Crippen MR) is 78.5 cm³/mol. The van der Waals surface area contributed by atoms with Crippen molar-refractivity contribution in [2.75, 3.05) is 5.32 Å². The predicted octanol–water partition coefficient (Wildman–Crippen LogP) is 1.92. The van der Waals surface area contributed by atoms with Gasteiger partial charge in [-0.15, -0.1) is 10.2 Å². The fourth-order valence-electron chi connectivity index (χ4n) is 2.43. The molecule has 1 aliphatic rings. The van der Waals surface area contributed by atoms with E-state index in [0.717, 1.165) is 17.8 Å². The van der Waals surface area contributed by atoms with Crippen molar-refractivity contribution in [3.8, 4) is 0 Å². The first-order valence-electron chi connectivity index (χ1n) is 6.93. The third-order valence-electron chi connectivity index (χ3n) is 3.53. The summed E-state index contributed by atoms with van der Waals surface area (Å²) in [4.78, 5) is 22.9. The highest BCUT2D eigenvalue weighted by molar-refractivity contribution is 7.15. The van der Waals surface area contributed by atoms with E-state index < -0.39 is 5.91 Å². The molecule has 110 valence electrons. The fraction of sp³-hybridized carbons (Fsp3) is 0.462. The Kier molecular flexibility index (Phi) is 4.05. The zero-order valence-electron chi connectivity index (χ0n) is 11.3. The number of rotatable bonds is 3. The number of aromatic nitrogens is 4. The molecule has 2 aromatic heterocycles. The van der Waals surface area contributed by atoms with Crippen molar-refractivity contribution in [2.45, 2.75) is 38.0 Å². The van der Waals surface area contributed by atoms with Crippen LogP contribution in [0.2, 0.25) is 0 Å². The van der Waals surface area contributed by atoms with Crippen molar-refractivity contribution >= 4 is 22.4 Å². The number of H-pyrrole nitrogens is 1. The molecular formula is C13H15N5O2S. The molecule has 0 saturated heterocycles. The number of hydrogen-bond acceptors (Lipinski definition) is 6. The molecule has 2 N–H and O–H groups in total. The quantitative estimate of drug-likeness (QED) is 0.902. The molecule has 7 nitrogen and oxygen atoms in total. The van der Waals surface area contributed by atoms with Crippen LogP contribution in [0.15, 0.2) is 16.9 Å². The number of carbonyl (C=O) groups excluding carboxylic acids is 1. The number of nitrogens with zero attached hydrogens (tertiary/aromatic N) is 3. The molecule has 0 atom stereocenters. The average molecular weight is 305 g/mol. The molecule has 1 aliphatic carbocycles. The molecule has 0 radical (unpaired) electrons. The lowest BCUT2D eigenvalue weighted by molar-refractivity contribution is 0.102. The zero-order chi connectivity index (χ0) is 14.7. The standard InChI is InChI=1S/C13H15N5O2S/c19-10-7-6-9(15-16-10)11(20)14-13-18-17-12(21-13)8-4-2-1-3-5-8/h6-8H,1-5H2,(H,16,19)(H,14,18,20). The molecule has 1 amide bonds. The number of nitrogens with one attached hydrogen (secondary N) is 2. The molecule has 1 saturated carbocycles. The number of hydrogen-bond donors (Lipinski definition) is 2. The lowest BCUT2D eigenvalue weighted by Crippen LogP contribution is -2.17. The molecule has 0 unspecified atom stereocenters. The van der Waals surface area contributed by atoms with Gasteiger partial charge in [-0.2, -0.15) is 5.10 Å². The summed E-state index contributed by atoms with van der Waals surface area (Å²) in [6.45, 7) is 0. The second kappa shape index (κ2) is 6.13. The molecule has 1 fully saturated rings. The first kappa shape index (κ1) is 13.9. The van der Waals surface area contributed by atoms with Gasteiger partial charge in [0.25, 0.3) is 11.5 Å². The Morgan fingerprint density at radius 3 is 2.76 bits per heavy atom. The molecule has 21 heavy (non-hydrogen) atoms. The normalized spacial score (nSPS) is 15.8. The summed E-state index contributed by atoms with van der Waals surface area (Å²) in [5, 5.41) is 18.2. The first-order chi connectivity index (χ1) is 10.2. The van der Waals surface area contributed by atoms with E-state index in [4.69, 9.17) is 0 Å². The van der Waals surface area contributed by atoms with E-state index in [1.165, 1.54) is 42.7 Å². The van der Waals surface area contributed by atoms with Crippen LogP contribution in [0.4, 0.5) is 5.13 Å². The number of aromatic amines is 1. The second-order valence-electron chi connectivity index (χ2n) is 5.04. The van der Waals surface area contributed by atoms with Crippen LogP contribution in [0.3, 0.4) is 0 Å².